The van der Waals surface area contributed by atoms with Gasteiger partial charge in [0.05, 0.1) is 0 Å². The lowest BCUT2D eigenvalue weighted by molar-refractivity contribution is 0.922. The van der Waals surface area contributed by atoms with E-state index in [4.69, 9.17) is 5.73 Å². The summed E-state index contributed by atoms with van der Waals surface area (Å²) in [5, 5.41) is 3.11. The van der Waals surface area contributed by atoms with Crippen molar-refractivity contribution < 1.29 is 0 Å². The SMILES string of the molecule is CCCc1ccc(Nc2nccc(N)n2)cc1. The molecule has 0 saturated heterocycles. The van der Waals surface area contributed by atoms with E-state index in [9.17, 15) is 0 Å². The summed E-state index contributed by atoms with van der Waals surface area (Å²) in [7, 11) is 0. The van der Waals surface area contributed by atoms with Crippen molar-refractivity contribution in [2.45, 2.75) is 19.8 Å². The molecule has 17 heavy (non-hydrogen) atoms. The van der Waals surface area contributed by atoms with Crippen LogP contribution in [0.1, 0.15) is 18.9 Å². The van der Waals surface area contributed by atoms with Crippen molar-refractivity contribution in [2.24, 2.45) is 0 Å². The van der Waals surface area contributed by atoms with Crippen molar-refractivity contribution in [3.63, 3.8) is 0 Å². The Morgan fingerprint density at radius 2 is 1.94 bits per heavy atom. The Bertz CT molecular complexity index is 479. The molecule has 0 bridgehead atoms. The molecular formula is C13H16N4. The van der Waals surface area contributed by atoms with Gasteiger partial charge in [-0.2, -0.15) is 4.98 Å². The Morgan fingerprint density at radius 1 is 1.18 bits per heavy atom. The van der Waals surface area contributed by atoms with E-state index in [0.717, 1.165) is 18.5 Å². The van der Waals surface area contributed by atoms with Crippen LogP contribution in [0.2, 0.25) is 0 Å². The molecule has 0 amide bonds. The van der Waals surface area contributed by atoms with Crippen LogP contribution in [0.25, 0.3) is 0 Å². The van der Waals surface area contributed by atoms with Gasteiger partial charge in [0.25, 0.3) is 0 Å². The van der Waals surface area contributed by atoms with Gasteiger partial charge in [0.15, 0.2) is 0 Å². The van der Waals surface area contributed by atoms with Gasteiger partial charge in [0.1, 0.15) is 5.82 Å². The molecule has 0 aliphatic carbocycles. The summed E-state index contributed by atoms with van der Waals surface area (Å²) in [4.78, 5) is 8.17. The van der Waals surface area contributed by atoms with Crippen LogP contribution in [0, 0.1) is 0 Å². The van der Waals surface area contributed by atoms with Gasteiger partial charge in [-0.25, -0.2) is 4.98 Å². The third-order valence-electron chi connectivity index (χ3n) is 2.43. The Balaban J connectivity index is 2.08. The van der Waals surface area contributed by atoms with Crippen LogP contribution >= 0.6 is 0 Å². The first-order valence-corrected chi connectivity index (χ1v) is 5.72. The molecule has 1 heterocycles. The van der Waals surface area contributed by atoms with Crippen LogP contribution in [0.3, 0.4) is 0 Å². The molecule has 0 fully saturated rings. The van der Waals surface area contributed by atoms with Crippen molar-refractivity contribution in [1.29, 1.82) is 0 Å². The third-order valence-corrected chi connectivity index (χ3v) is 2.43. The lowest BCUT2D eigenvalue weighted by Crippen LogP contribution is -1.99. The number of aryl methyl sites for hydroxylation is 1. The molecule has 0 atom stereocenters. The summed E-state index contributed by atoms with van der Waals surface area (Å²) in [6.07, 6.45) is 3.90. The molecule has 3 N–H and O–H groups in total. The minimum atomic E-state index is 0.463. The van der Waals surface area contributed by atoms with Gasteiger partial charge in [-0.05, 0) is 30.2 Å². The highest BCUT2D eigenvalue weighted by Crippen LogP contribution is 2.15. The molecule has 0 spiro atoms. The predicted molar refractivity (Wildman–Crippen MR) is 70.2 cm³/mol. The van der Waals surface area contributed by atoms with Gasteiger partial charge < -0.3 is 11.1 Å². The second kappa shape index (κ2) is 5.30. The first-order valence-electron chi connectivity index (χ1n) is 5.72. The van der Waals surface area contributed by atoms with Crippen molar-refractivity contribution >= 4 is 17.5 Å². The van der Waals surface area contributed by atoms with Crippen LogP contribution in [0.5, 0.6) is 0 Å². The molecular weight excluding hydrogens is 212 g/mol. The minimum absolute atomic E-state index is 0.463. The zero-order valence-electron chi connectivity index (χ0n) is 9.85. The summed E-state index contributed by atoms with van der Waals surface area (Å²) in [6, 6.07) is 9.93. The number of nitrogens with zero attached hydrogens (tertiary/aromatic N) is 2. The Labute approximate surface area is 101 Å². The molecule has 0 aliphatic rings. The summed E-state index contributed by atoms with van der Waals surface area (Å²) in [6.45, 7) is 2.17. The summed E-state index contributed by atoms with van der Waals surface area (Å²) in [5.41, 5.74) is 7.89. The van der Waals surface area contributed by atoms with Crippen LogP contribution < -0.4 is 11.1 Å². The lowest BCUT2D eigenvalue weighted by atomic mass is 10.1. The first kappa shape index (κ1) is 11.4. The van der Waals surface area contributed by atoms with E-state index in [-0.39, 0.29) is 0 Å². The summed E-state index contributed by atoms with van der Waals surface area (Å²) < 4.78 is 0. The molecule has 2 aromatic rings. The van der Waals surface area contributed by atoms with E-state index in [2.05, 4.69) is 34.3 Å². The van der Waals surface area contributed by atoms with E-state index < -0.39 is 0 Å². The van der Waals surface area contributed by atoms with Crippen LogP contribution in [0.4, 0.5) is 17.5 Å². The van der Waals surface area contributed by atoms with Crippen molar-refractivity contribution in [3.8, 4) is 0 Å². The fraction of sp³-hybridized carbons (Fsp3) is 0.231. The minimum Gasteiger partial charge on any atom is -0.384 e. The number of nitrogen functional groups attached to an aromatic ring is 1. The Kier molecular flexibility index (Phi) is 3.55. The van der Waals surface area contributed by atoms with Gasteiger partial charge in [-0.15, -0.1) is 0 Å². The van der Waals surface area contributed by atoms with E-state index in [1.54, 1.807) is 12.3 Å². The molecule has 88 valence electrons. The van der Waals surface area contributed by atoms with Gasteiger partial charge in [-0.3, -0.25) is 0 Å². The number of aromatic nitrogens is 2. The maximum absolute atomic E-state index is 5.58. The van der Waals surface area contributed by atoms with Crippen molar-refractivity contribution in [1.82, 2.24) is 9.97 Å². The highest BCUT2D eigenvalue weighted by atomic mass is 15.1. The van der Waals surface area contributed by atoms with E-state index in [1.807, 2.05) is 12.1 Å². The van der Waals surface area contributed by atoms with Gasteiger partial charge in [0, 0.05) is 11.9 Å². The van der Waals surface area contributed by atoms with Crippen molar-refractivity contribution in [2.75, 3.05) is 11.1 Å². The lowest BCUT2D eigenvalue weighted by Gasteiger charge is -2.05. The molecule has 4 heteroatoms. The van der Waals surface area contributed by atoms with Crippen LogP contribution in [-0.4, -0.2) is 9.97 Å². The molecule has 1 aromatic heterocycles. The maximum Gasteiger partial charge on any atom is 0.229 e. The quantitative estimate of drug-likeness (QED) is 0.844. The number of nitrogens with one attached hydrogen (secondary N) is 1. The average molecular weight is 228 g/mol. The zero-order valence-corrected chi connectivity index (χ0v) is 9.85. The zero-order chi connectivity index (χ0) is 12.1. The number of rotatable bonds is 4. The van der Waals surface area contributed by atoms with Gasteiger partial charge >= 0.3 is 0 Å². The standard InChI is InChI=1S/C13H16N4/c1-2-3-10-4-6-11(7-5-10)16-13-15-9-8-12(14)17-13/h4-9H,2-3H2,1H3,(H3,14,15,16,17). The number of benzene rings is 1. The number of anilines is 3. The Morgan fingerprint density at radius 3 is 2.59 bits per heavy atom. The smallest absolute Gasteiger partial charge is 0.229 e. The predicted octanol–water partition coefficient (Wildman–Crippen LogP) is 2.75. The van der Waals surface area contributed by atoms with E-state index in [1.165, 1.54) is 5.56 Å². The highest BCUT2D eigenvalue weighted by Gasteiger charge is 1.98. The van der Waals surface area contributed by atoms with E-state index >= 15 is 0 Å². The average Bonchev–Trinajstić information content (AvgIpc) is 2.32. The van der Waals surface area contributed by atoms with E-state index in [0.29, 0.717) is 11.8 Å². The summed E-state index contributed by atoms with van der Waals surface area (Å²) >= 11 is 0. The fourth-order valence-corrected chi connectivity index (χ4v) is 1.61. The number of hydrogen-bond donors (Lipinski definition) is 2. The molecule has 0 saturated carbocycles. The monoisotopic (exact) mass is 228 g/mol. The fourth-order valence-electron chi connectivity index (χ4n) is 1.61. The molecule has 0 radical (unpaired) electrons. The molecule has 0 unspecified atom stereocenters. The Hall–Kier alpha value is -2.10. The normalized spacial score (nSPS) is 10.2. The van der Waals surface area contributed by atoms with Crippen LogP contribution in [-0.2, 0) is 6.42 Å². The molecule has 4 nitrogen and oxygen atoms in total. The summed E-state index contributed by atoms with van der Waals surface area (Å²) in [5.74, 6) is 0.985. The maximum atomic E-state index is 5.58. The highest BCUT2D eigenvalue weighted by molar-refractivity contribution is 5.54. The molecule has 2 rings (SSSR count). The van der Waals surface area contributed by atoms with Gasteiger partial charge in [0.2, 0.25) is 5.95 Å². The topological polar surface area (TPSA) is 63.8 Å². The largest absolute Gasteiger partial charge is 0.384 e. The third kappa shape index (κ3) is 3.17. The number of hydrogen-bond acceptors (Lipinski definition) is 4. The second-order valence-corrected chi connectivity index (χ2v) is 3.88. The van der Waals surface area contributed by atoms with Crippen LogP contribution in [0.15, 0.2) is 36.5 Å². The number of nitrogens with two attached hydrogens (primary N) is 1. The molecule has 1 aromatic carbocycles. The first-order chi connectivity index (χ1) is 8.28. The molecule has 0 aliphatic heterocycles. The second-order valence-electron chi connectivity index (χ2n) is 3.88. The van der Waals surface area contributed by atoms with Crippen molar-refractivity contribution in [3.05, 3.63) is 42.1 Å². The van der Waals surface area contributed by atoms with Gasteiger partial charge in [-0.1, -0.05) is 25.5 Å².